The van der Waals surface area contributed by atoms with Crippen LogP contribution >= 0.6 is 11.6 Å². The molecule has 5 nitrogen and oxygen atoms in total. The van der Waals surface area contributed by atoms with Gasteiger partial charge < -0.3 is 9.64 Å². The summed E-state index contributed by atoms with van der Waals surface area (Å²) in [6.07, 6.45) is 2.49. The van der Waals surface area contributed by atoms with Gasteiger partial charge in [-0.15, -0.1) is 0 Å². The number of rotatable bonds is 6. The lowest BCUT2D eigenvalue weighted by molar-refractivity contribution is 0.0726. The van der Waals surface area contributed by atoms with Gasteiger partial charge in [0.05, 0.1) is 24.5 Å². The molecule has 1 aliphatic rings. The number of aromatic nitrogens is 2. The number of ether oxygens (including phenoxy) is 1. The number of carbonyl (C=O) groups excluding carboxylic acids is 1. The number of fused-ring (bicyclic) bond motifs is 1. The Morgan fingerprint density at radius 3 is 2.73 bits per heavy atom. The molecule has 0 fully saturated rings. The van der Waals surface area contributed by atoms with Crippen LogP contribution in [0, 0.1) is 5.82 Å². The zero-order valence-electron chi connectivity index (χ0n) is 17.7. The largest absolute Gasteiger partial charge is 0.493 e. The smallest absolute Gasteiger partial charge is 0.254 e. The summed E-state index contributed by atoms with van der Waals surface area (Å²) in [6.45, 7) is 1.15. The van der Waals surface area contributed by atoms with E-state index in [-0.39, 0.29) is 17.5 Å². The molecule has 0 atom stereocenters. The Kier molecular flexibility index (Phi) is 5.84. The molecule has 166 valence electrons. The zero-order chi connectivity index (χ0) is 22.8. The van der Waals surface area contributed by atoms with E-state index in [4.69, 9.17) is 16.3 Å². The Morgan fingerprint density at radius 2 is 1.91 bits per heavy atom. The standard InChI is InChI=1S/C26H21ClFN3O2/c27-24-15-21(28)8-6-20(24)16-30(26(32)19-7-9-25-18(14-19)11-13-33-25)17-23-10-12-29-31(23)22-4-2-1-3-5-22/h1-10,12,14-15H,11,13,16-17H2. The second-order valence-electron chi connectivity index (χ2n) is 7.89. The zero-order valence-corrected chi connectivity index (χ0v) is 18.5. The van der Waals surface area contributed by atoms with E-state index in [1.165, 1.54) is 12.1 Å². The van der Waals surface area contributed by atoms with Crippen LogP contribution in [-0.2, 0) is 19.5 Å². The Labute approximate surface area is 196 Å². The normalized spacial score (nSPS) is 12.3. The van der Waals surface area contributed by atoms with Crippen LogP contribution in [0.3, 0.4) is 0 Å². The minimum absolute atomic E-state index is 0.147. The third-order valence-corrected chi connectivity index (χ3v) is 6.03. The fourth-order valence-electron chi connectivity index (χ4n) is 4.00. The van der Waals surface area contributed by atoms with E-state index in [0.717, 1.165) is 29.1 Å². The number of amides is 1. The third-order valence-electron chi connectivity index (χ3n) is 5.67. The average molecular weight is 462 g/mol. The summed E-state index contributed by atoms with van der Waals surface area (Å²) in [5, 5.41) is 4.73. The van der Waals surface area contributed by atoms with Crippen molar-refractivity contribution in [2.24, 2.45) is 0 Å². The first-order chi connectivity index (χ1) is 16.1. The van der Waals surface area contributed by atoms with Crippen molar-refractivity contribution in [2.75, 3.05) is 6.61 Å². The van der Waals surface area contributed by atoms with Gasteiger partial charge in [0.1, 0.15) is 11.6 Å². The summed E-state index contributed by atoms with van der Waals surface area (Å²) in [4.78, 5) is 15.3. The second kappa shape index (κ2) is 9.08. The highest BCUT2D eigenvalue weighted by atomic mass is 35.5. The summed E-state index contributed by atoms with van der Waals surface area (Å²) in [7, 11) is 0. The number of hydrogen-bond donors (Lipinski definition) is 0. The molecule has 1 aliphatic heterocycles. The number of hydrogen-bond acceptors (Lipinski definition) is 3. The Hall–Kier alpha value is -3.64. The molecule has 0 N–H and O–H groups in total. The third kappa shape index (κ3) is 4.47. The molecule has 4 aromatic rings. The van der Waals surface area contributed by atoms with Gasteiger partial charge in [0.2, 0.25) is 0 Å². The topological polar surface area (TPSA) is 47.4 Å². The predicted octanol–water partition coefficient (Wildman–Crippen LogP) is 5.44. The van der Waals surface area contributed by atoms with Gasteiger partial charge in [-0.25, -0.2) is 9.07 Å². The summed E-state index contributed by atoms with van der Waals surface area (Å²) in [5.41, 5.74) is 4.01. The Balaban J connectivity index is 1.49. The molecule has 0 bridgehead atoms. The minimum atomic E-state index is -0.414. The molecular weight excluding hydrogens is 441 g/mol. The van der Waals surface area contributed by atoms with Crippen molar-refractivity contribution in [2.45, 2.75) is 19.5 Å². The summed E-state index contributed by atoms with van der Waals surface area (Å²) < 4.78 is 21.0. The monoisotopic (exact) mass is 461 g/mol. The van der Waals surface area contributed by atoms with Gasteiger partial charge in [-0.2, -0.15) is 5.10 Å². The van der Waals surface area contributed by atoms with Gasteiger partial charge >= 0.3 is 0 Å². The van der Waals surface area contributed by atoms with Gasteiger partial charge in [-0.3, -0.25) is 4.79 Å². The van der Waals surface area contributed by atoms with Crippen LogP contribution in [0.15, 0.2) is 79.0 Å². The summed E-state index contributed by atoms with van der Waals surface area (Å²) >= 11 is 6.30. The van der Waals surface area contributed by atoms with E-state index in [1.807, 2.05) is 53.2 Å². The van der Waals surface area contributed by atoms with E-state index in [2.05, 4.69) is 5.10 Å². The Morgan fingerprint density at radius 1 is 1.06 bits per heavy atom. The maximum absolute atomic E-state index is 13.6. The predicted molar refractivity (Wildman–Crippen MR) is 124 cm³/mol. The lowest BCUT2D eigenvalue weighted by atomic mass is 10.1. The van der Waals surface area contributed by atoms with Crippen LogP contribution in [0.4, 0.5) is 4.39 Å². The number of halogens is 2. The van der Waals surface area contributed by atoms with Crippen molar-refractivity contribution in [1.29, 1.82) is 0 Å². The molecule has 3 aromatic carbocycles. The number of benzene rings is 3. The first-order valence-corrected chi connectivity index (χ1v) is 11.0. The molecule has 0 saturated carbocycles. The van der Waals surface area contributed by atoms with Crippen LogP contribution in [0.1, 0.15) is 27.2 Å². The maximum Gasteiger partial charge on any atom is 0.254 e. The molecule has 2 heterocycles. The average Bonchev–Trinajstić information content (AvgIpc) is 3.49. The van der Waals surface area contributed by atoms with E-state index in [9.17, 15) is 9.18 Å². The first kappa shape index (κ1) is 21.2. The van der Waals surface area contributed by atoms with Crippen molar-refractivity contribution in [3.05, 3.63) is 112 Å². The number of para-hydroxylation sites is 1. The van der Waals surface area contributed by atoms with Crippen molar-refractivity contribution in [3.8, 4) is 11.4 Å². The highest BCUT2D eigenvalue weighted by Gasteiger charge is 2.22. The SMILES string of the molecule is O=C(c1ccc2c(c1)CCO2)N(Cc1ccc(F)cc1Cl)Cc1ccnn1-c1ccccc1. The molecule has 0 saturated heterocycles. The van der Waals surface area contributed by atoms with Gasteiger partial charge in [0.15, 0.2) is 0 Å². The van der Waals surface area contributed by atoms with Crippen molar-refractivity contribution in [1.82, 2.24) is 14.7 Å². The van der Waals surface area contributed by atoms with Gasteiger partial charge in [-0.05, 0) is 59.7 Å². The van der Waals surface area contributed by atoms with Crippen LogP contribution in [0.25, 0.3) is 5.69 Å². The lowest BCUT2D eigenvalue weighted by Crippen LogP contribution is -2.31. The quantitative estimate of drug-likeness (QED) is 0.384. The van der Waals surface area contributed by atoms with Crippen LogP contribution in [-0.4, -0.2) is 27.2 Å². The fourth-order valence-corrected chi connectivity index (χ4v) is 4.23. The first-order valence-electron chi connectivity index (χ1n) is 10.7. The van der Waals surface area contributed by atoms with Crippen LogP contribution < -0.4 is 4.74 Å². The highest BCUT2D eigenvalue weighted by Crippen LogP contribution is 2.28. The van der Waals surface area contributed by atoms with Crippen LogP contribution in [0.2, 0.25) is 5.02 Å². The molecule has 0 spiro atoms. The minimum Gasteiger partial charge on any atom is -0.493 e. The lowest BCUT2D eigenvalue weighted by Gasteiger charge is -2.24. The van der Waals surface area contributed by atoms with E-state index >= 15 is 0 Å². The van der Waals surface area contributed by atoms with Gasteiger partial charge in [-0.1, -0.05) is 35.9 Å². The summed E-state index contributed by atoms with van der Waals surface area (Å²) in [6, 6.07) is 21.4. The maximum atomic E-state index is 13.6. The van der Waals surface area contributed by atoms with Crippen molar-refractivity contribution in [3.63, 3.8) is 0 Å². The molecule has 0 radical (unpaired) electrons. The van der Waals surface area contributed by atoms with Gasteiger partial charge in [0, 0.05) is 29.7 Å². The fraction of sp³-hybridized carbons (Fsp3) is 0.154. The molecule has 0 aliphatic carbocycles. The van der Waals surface area contributed by atoms with Crippen LogP contribution in [0.5, 0.6) is 5.75 Å². The molecule has 5 rings (SSSR count). The molecule has 7 heteroatoms. The van der Waals surface area contributed by atoms with E-state index in [1.54, 1.807) is 23.2 Å². The molecular formula is C26H21ClFN3O2. The molecule has 0 unspecified atom stereocenters. The number of nitrogens with zero attached hydrogens (tertiary/aromatic N) is 3. The highest BCUT2D eigenvalue weighted by molar-refractivity contribution is 6.31. The number of carbonyl (C=O) groups is 1. The molecule has 1 amide bonds. The van der Waals surface area contributed by atoms with E-state index in [0.29, 0.717) is 24.3 Å². The van der Waals surface area contributed by atoms with Gasteiger partial charge in [0.25, 0.3) is 5.91 Å². The van der Waals surface area contributed by atoms with Crippen molar-refractivity contribution >= 4 is 17.5 Å². The molecule has 1 aromatic heterocycles. The molecule has 33 heavy (non-hydrogen) atoms. The second-order valence-corrected chi connectivity index (χ2v) is 8.30. The Bertz CT molecular complexity index is 1310. The van der Waals surface area contributed by atoms with E-state index < -0.39 is 5.82 Å². The summed E-state index contributed by atoms with van der Waals surface area (Å²) in [5.74, 6) is 0.259. The van der Waals surface area contributed by atoms with Crippen molar-refractivity contribution < 1.29 is 13.9 Å².